The first-order valence-electron chi connectivity index (χ1n) is 7.01. The molecule has 1 aliphatic carbocycles. The molecular weight excluding hydrogens is 294 g/mol. The quantitative estimate of drug-likeness (QED) is 0.441. The normalized spacial score (nSPS) is 15.2. The fourth-order valence-corrected chi connectivity index (χ4v) is 2.19. The maximum absolute atomic E-state index is 13.2. The summed E-state index contributed by atoms with van der Waals surface area (Å²) < 4.78 is 30.6. The molecule has 1 aromatic rings. The first-order chi connectivity index (χ1) is 10.4. The highest BCUT2D eigenvalue weighted by molar-refractivity contribution is 6.06. The molecule has 0 spiro atoms. The molecule has 0 bridgehead atoms. The Morgan fingerprint density at radius 3 is 2.45 bits per heavy atom. The minimum atomic E-state index is -1.19. The summed E-state index contributed by atoms with van der Waals surface area (Å²) in [5.41, 5.74) is -0.0768. The van der Waals surface area contributed by atoms with E-state index < -0.39 is 35.7 Å². The summed E-state index contributed by atoms with van der Waals surface area (Å²) in [7, 11) is 1.14. The average molecular weight is 310 g/mol. The van der Waals surface area contributed by atoms with E-state index in [1.165, 1.54) is 0 Å². The van der Waals surface area contributed by atoms with Crippen molar-refractivity contribution >= 4 is 17.5 Å². The Morgan fingerprint density at radius 1 is 1.23 bits per heavy atom. The predicted octanol–water partition coefficient (Wildman–Crippen LogP) is 2.70. The SMILES string of the molecule is COC(=O)C(CC(=O)c1ccc(F)c(F)c1)C(=O)CC1CC1. The van der Waals surface area contributed by atoms with Crippen LogP contribution in [0.1, 0.15) is 36.0 Å². The number of hydrogen-bond donors (Lipinski definition) is 0. The van der Waals surface area contributed by atoms with Gasteiger partial charge in [0.2, 0.25) is 0 Å². The number of halogens is 2. The number of carbonyl (C=O) groups excluding carboxylic acids is 3. The van der Waals surface area contributed by atoms with Crippen molar-refractivity contribution in [1.82, 2.24) is 0 Å². The standard InChI is InChI=1S/C16H16F2O4/c1-22-16(21)11(15(20)6-9-2-3-9)8-14(19)10-4-5-12(17)13(18)7-10/h4-5,7,9,11H,2-3,6,8H2,1H3. The van der Waals surface area contributed by atoms with E-state index in [-0.39, 0.29) is 23.7 Å². The van der Waals surface area contributed by atoms with Gasteiger partial charge in [0, 0.05) is 18.4 Å². The van der Waals surface area contributed by atoms with Crippen molar-refractivity contribution in [3.05, 3.63) is 35.4 Å². The van der Waals surface area contributed by atoms with Crippen molar-refractivity contribution in [3.8, 4) is 0 Å². The lowest BCUT2D eigenvalue weighted by Gasteiger charge is -2.13. The van der Waals surface area contributed by atoms with Gasteiger partial charge in [-0.15, -0.1) is 0 Å². The number of esters is 1. The van der Waals surface area contributed by atoms with Crippen molar-refractivity contribution < 1.29 is 27.9 Å². The molecule has 1 aromatic carbocycles. The summed E-state index contributed by atoms with van der Waals surface area (Å²) in [5, 5.41) is 0. The number of ether oxygens (including phenoxy) is 1. The Hall–Kier alpha value is -2.11. The van der Waals surface area contributed by atoms with E-state index in [0.717, 1.165) is 38.2 Å². The number of rotatable bonds is 7. The maximum Gasteiger partial charge on any atom is 0.316 e. The van der Waals surface area contributed by atoms with Crippen LogP contribution >= 0.6 is 0 Å². The molecule has 1 atom stereocenters. The monoisotopic (exact) mass is 310 g/mol. The smallest absolute Gasteiger partial charge is 0.316 e. The Kier molecular flexibility index (Phi) is 5.00. The van der Waals surface area contributed by atoms with E-state index in [4.69, 9.17) is 0 Å². The largest absolute Gasteiger partial charge is 0.468 e. The van der Waals surface area contributed by atoms with Gasteiger partial charge in [-0.1, -0.05) is 0 Å². The van der Waals surface area contributed by atoms with Crippen molar-refractivity contribution in [2.24, 2.45) is 11.8 Å². The molecule has 0 N–H and O–H groups in total. The zero-order valence-corrected chi connectivity index (χ0v) is 12.1. The lowest BCUT2D eigenvalue weighted by Crippen LogP contribution is -2.28. The third-order valence-corrected chi connectivity index (χ3v) is 3.69. The van der Waals surface area contributed by atoms with Crippen LogP contribution in [0.15, 0.2) is 18.2 Å². The topological polar surface area (TPSA) is 60.4 Å². The Morgan fingerprint density at radius 2 is 1.91 bits per heavy atom. The van der Waals surface area contributed by atoms with Gasteiger partial charge in [-0.3, -0.25) is 14.4 Å². The van der Waals surface area contributed by atoms with E-state index in [0.29, 0.717) is 0 Å². The molecule has 118 valence electrons. The van der Waals surface area contributed by atoms with Crippen LogP contribution in [0.25, 0.3) is 0 Å². The van der Waals surface area contributed by atoms with E-state index in [1.54, 1.807) is 0 Å². The number of methoxy groups -OCH3 is 1. The lowest BCUT2D eigenvalue weighted by atomic mass is 9.92. The highest BCUT2D eigenvalue weighted by Crippen LogP contribution is 2.34. The van der Waals surface area contributed by atoms with Gasteiger partial charge in [-0.2, -0.15) is 0 Å². The highest BCUT2D eigenvalue weighted by atomic mass is 19.2. The summed E-state index contributed by atoms with van der Waals surface area (Å²) >= 11 is 0. The molecule has 2 rings (SSSR count). The molecule has 22 heavy (non-hydrogen) atoms. The van der Waals surface area contributed by atoms with Gasteiger partial charge in [0.05, 0.1) is 7.11 Å². The molecule has 1 aliphatic rings. The van der Waals surface area contributed by atoms with Crippen molar-refractivity contribution in [2.45, 2.75) is 25.7 Å². The van der Waals surface area contributed by atoms with Crippen LogP contribution in [0, 0.1) is 23.5 Å². The molecule has 0 aromatic heterocycles. The second-order valence-corrected chi connectivity index (χ2v) is 5.45. The van der Waals surface area contributed by atoms with Gasteiger partial charge in [0.25, 0.3) is 0 Å². The summed E-state index contributed by atoms with van der Waals surface area (Å²) in [5.74, 6) is -4.84. The third-order valence-electron chi connectivity index (χ3n) is 3.69. The lowest BCUT2D eigenvalue weighted by molar-refractivity contribution is -0.149. The number of ketones is 2. The Labute approximate surface area is 126 Å². The second-order valence-electron chi connectivity index (χ2n) is 5.45. The van der Waals surface area contributed by atoms with Gasteiger partial charge < -0.3 is 4.74 Å². The second kappa shape index (κ2) is 6.77. The maximum atomic E-state index is 13.2. The van der Waals surface area contributed by atoms with E-state index in [2.05, 4.69) is 4.74 Å². The van der Waals surface area contributed by atoms with E-state index in [1.807, 2.05) is 0 Å². The minimum Gasteiger partial charge on any atom is -0.468 e. The number of Topliss-reactive ketones (excluding diaryl/α,β-unsaturated/α-hetero) is 2. The average Bonchev–Trinajstić information content (AvgIpc) is 3.30. The van der Waals surface area contributed by atoms with E-state index >= 15 is 0 Å². The fourth-order valence-electron chi connectivity index (χ4n) is 2.19. The Balaban J connectivity index is 2.10. The van der Waals surface area contributed by atoms with Crippen LogP contribution in [-0.2, 0) is 14.3 Å². The number of benzene rings is 1. The number of carbonyl (C=O) groups is 3. The molecule has 0 amide bonds. The number of hydrogen-bond acceptors (Lipinski definition) is 4. The zero-order chi connectivity index (χ0) is 16.3. The zero-order valence-electron chi connectivity index (χ0n) is 12.1. The summed E-state index contributed by atoms with van der Waals surface area (Å²) in [6.07, 6.45) is 1.72. The molecule has 0 aliphatic heterocycles. The third kappa shape index (κ3) is 3.96. The molecule has 0 saturated heterocycles. The highest BCUT2D eigenvalue weighted by Gasteiger charge is 2.34. The van der Waals surface area contributed by atoms with Crippen LogP contribution in [-0.4, -0.2) is 24.6 Å². The molecular formula is C16H16F2O4. The summed E-state index contributed by atoms with van der Waals surface area (Å²) in [6, 6.07) is 2.72. The summed E-state index contributed by atoms with van der Waals surface area (Å²) in [6.45, 7) is 0. The van der Waals surface area contributed by atoms with E-state index in [9.17, 15) is 23.2 Å². The van der Waals surface area contributed by atoms with Crippen LogP contribution in [0.2, 0.25) is 0 Å². The molecule has 1 unspecified atom stereocenters. The minimum absolute atomic E-state index is 0.0768. The van der Waals surface area contributed by atoms with Gasteiger partial charge in [-0.25, -0.2) is 8.78 Å². The van der Waals surface area contributed by atoms with Crippen LogP contribution < -0.4 is 0 Å². The van der Waals surface area contributed by atoms with Crippen molar-refractivity contribution in [2.75, 3.05) is 7.11 Å². The predicted molar refractivity (Wildman–Crippen MR) is 73.2 cm³/mol. The molecule has 1 saturated carbocycles. The van der Waals surface area contributed by atoms with Crippen molar-refractivity contribution in [3.63, 3.8) is 0 Å². The van der Waals surface area contributed by atoms with Gasteiger partial charge in [0.1, 0.15) is 11.7 Å². The molecule has 1 fully saturated rings. The van der Waals surface area contributed by atoms with Crippen LogP contribution in [0.4, 0.5) is 8.78 Å². The Bertz CT molecular complexity index is 608. The van der Waals surface area contributed by atoms with Crippen LogP contribution in [0.3, 0.4) is 0 Å². The molecule has 0 heterocycles. The molecule has 4 nitrogen and oxygen atoms in total. The first-order valence-corrected chi connectivity index (χ1v) is 7.01. The van der Waals surface area contributed by atoms with Gasteiger partial charge >= 0.3 is 5.97 Å². The fraction of sp³-hybridized carbons (Fsp3) is 0.438. The molecule has 6 heteroatoms. The first kappa shape index (κ1) is 16.3. The van der Waals surface area contributed by atoms with Crippen LogP contribution in [0.5, 0.6) is 0 Å². The van der Waals surface area contributed by atoms with Gasteiger partial charge in [-0.05, 0) is 37.0 Å². The molecule has 0 radical (unpaired) electrons. The summed E-state index contributed by atoms with van der Waals surface area (Å²) in [4.78, 5) is 35.9. The van der Waals surface area contributed by atoms with Crippen molar-refractivity contribution in [1.29, 1.82) is 0 Å². The van der Waals surface area contributed by atoms with Gasteiger partial charge in [0.15, 0.2) is 17.4 Å².